The number of carbonyl (C=O) groups is 1. The number of hydrogen-bond acceptors (Lipinski definition) is 4. The van der Waals surface area contributed by atoms with Crippen LogP contribution in [0.5, 0.6) is 0 Å². The summed E-state index contributed by atoms with van der Waals surface area (Å²) in [6, 6.07) is 8.61. The highest BCUT2D eigenvalue weighted by Crippen LogP contribution is 2.31. The Balaban J connectivity index is 2.53. The zero-order chi connectivity index (χ0) is 24.8. The molecule has 0 aromatic heterocycles. The molecule has 0 aliphatic carbocycles. The van der Waals surface area contributed by atoms with Crippen LogP contribution in [-0.4, -0.2) is 29.9 Å². The predicted octanol–water partition coefficient (Wildman–Crippen LogP) is 4.96. The molecule has 0 spiro atoms. The zero-order valence-corrected chi connectivity index (χ0v) is 18.1. The Bertz CT molecular complexity index is 1110. The number of carbonyl (C=O) groups excluding carboxylic acids is 1. The van der Waals surface area contributed by atoms with E-state index in [-0.39, 0.29) is 28.6 Å². The van der Waals surface area contributed by atoms with Crippen molar-refractivity contribution in [3.05, 3.63) is 64.7 Å². The van der Waals surface area contributed by atoms with Gasteiger partial charge in [0.1, 0.15) is 11.6 Å². The van der Waals surface area contributed by atoms with E-state index in [9.17, 15) is 27.5 Å². The van der Waals surface area contributed by atoms with Gasteiger partial charge in [-0.05, 0) is 50.4 Å². The van der Waals surface area contributed by atoms with E-state index in [1.165, 1.54) is 25.1 Å². The molecular formula is C22H23F4N5O2. The Labute approximate surface area is 188 Å². The van der Waals surface area contributed by atoms with Crippen LogP contribution < -0.4 is 16.0 Å². The number of halogens is 4. The molecule has 2 aromatic carbocycles. The molecule has 0 bridgehead atoms. The standard InChI is InChI=1S/C22H23F4N5O2/c1-12-9-16(23)15(11-32)10-19(12)30-21(27-4)31-20(13(2)22(24,25)26)29-18-8-6-5-7-17(18)28-14(3)33/h5-10,29,32H,4,11H2,1-3H3,(H,28,33)(H,30,31)/b20-13+. The van der Waals surface area contributed by atoms with E-state index in [4.69, 9.17) is 0 Å². The molecule has 0 heterocycles. The number of nitrogens with zero attached hydrogens (tertiary/aromatic N) is 2. The number of hydrogen-bond donors (Lipinski definition) is 4. The van der Waals surface area contributed by atoms with Gasteiger partial charge in [0.05, 0.1) is 23.6 Å². The molecule has 0 radical (unpaired) electrons. The summed E-state index contributed by atoms with van der Waals surface area (Å²) in [5.41, 5.74) is 0.0121. The van der Waals surface area contributed by atoms with Gasteiger partial charge in [-0.3, -0.25) is 4.79 Å². The average molecular weight is 465 g/mol. The minimum atomic E-state index is -4.73. The molecule has 2 aromatic rings. The van der Waals surface area contributed by atoms with E-state index in [1.807, 2.05) is 0 Å². The summed E-state index contributed by atoms with van der Waals surface area (Å²) in [6.45, 7) is 6.42. The highest BCUT2D eigenvalue weighted by Gasteiger charge is 2.33. The summed E-state index contributed by atoms with van der Waals surface area (Å²) >= 11 is 0. The minimum Gasteiger partial charge on any atom is -0.392 e. The molecule has 0 aliphatic heterocycles. The number of rotatable bonds is 6. The monoisotopic (exact) mass is 465 g/mol. The summed E-state index contributed by atoms with van der Waals surface area (Å²) in [6.07, 6.45) is -4.73. The second-order valence-corrected chi connectivity index (χ2v) is 6.96. The number of allylic oxidation sites excluding steroid dienone is 1. The van der Waals surface area contributed by atoms with Crippen molar-refractivity contribution in [1.82, 2.24) is 0 Å². The van der Waals surface area contributed by atoms with Gasteiger partial charge in [0, 0.05) is 18.2 Å². The lowest BCUT2D eigenvalue weighted by Gasteiger charge is -2.17. The molecule has 176 valence electrons. The summed E-state index contributed by atoms with van der Waals surface area (Å²) in [5, 5.41) is 17.1. The van der Waals surface area contributed by atoms with Crippen molar-refractivity contribution in [3.8, 4) is 0 Å². The summed E-state index contributed by atoms with van der Waals surface area (Å²) in [5.74, 6) is -1.95. The third-order valence-corrected chi connectivity index (χ3v) is 4.45. The number of aliphatic hydroxyl groups excluding tert-OH is 1. The van der Waals surface area contributed by atoms with E-state index >= 15 is 0 Å². The fraction of sp³-hybridized carbons (Fsp3) is 0.227. The van der Waals surface area contributed by atoms with Crippen molar-refractivity contribution < 1.29 is 27.5 Å². The Kier molecular flexibility index (Phi) is 8.30. The quantitative estimate of drug-likeness (QED) is 0.275. The van der Waals surface area contributed by atoms with Gasteiger partial charge in [-0.2, -0.15) is 18.2 Å². The maximum atomic E-state index is 13.8. The fourth-order valence-electron chi connectivity index (χ4n) is 2.66. The first-order valence-electron chi connectivity index (χ1n) is 9.60. The number of para-hydroxylation sites is 2. The van der Waals surface area contributed by atoms with Crippen LogP contribution in [0, 0.1) is 12.7 Å². The van der Waals surface area contributed by atoms with Crippen molar-refractivity contribution in [2.75, 3.05) is 16.0 Å². The van der Waals surface area contributed by atoms with Gasteiger partial charge in [-0.15, -0.1) is 0 Å². The molecule has 0 unspecified atom stereocenters. The lowest BCUT2D eigenvalue weighted by Crippen LogP contribution is -2.18. The van der Waals surface area contributed by atoms with E-state index in [1.54, 1.807) is 19.1 Å². The molecule has 0 fully saturated rings. The number of guanidine groups is 1. The van der Waals surface area contributed by atoms with Crippen LogP contribution in [0.25, 0.3) is 0 Å². The topological polar surface area (TPSA) is 98.1 Å². The third kappa shape index (κ3) is 6.88. The Morgan fingerprint density at radius 1 is 1.06 bits per heavy atom. The SMILES string of the molecule is C=NC(=N/C(Nc1ccccc1NC(C)=O)=C(\C)C(F)(F)F)Nc1cc(CO)c(F)cc1C. The number of aliphatic imine (C=N–C) groups is 2. The van der Waals surface area contributed by atoms with Crippen molar-refractivity contribution in [2.24, 2.45) is 9.98 Å². The molecule has 33 heavy (non-hydrogen) atoms. The zero-order valence-electron chi connectivity index (χ0n) is 18.1. The molecule has 4 N–H and O–H groups in total. The Morgan fingerprint density at radius 2 is 1.67 bits per heavy atom. The number of benzene rings is 2. The molecular weight excluding hydrogens is 442 g/mol. The van der Waals surface area contributed by atoms with Crippen LogP contribution in [0.4, 0.5) is 34.6 Å². The van der Waals surface area contributed by atoms with Crippen LogP contribution in [-0.2, 0) is 11.4 Å². The molecule has 0 aliphatic rings. The Hall–Kier alpha value is -3.73. The first-order chi connectivity index (χ1) is 15.5. The minimum absolute atomic E-state index is 0.0175. The maximum absolute atomic E-state index is 13.8. The van der Waals surface area contributed by atoms with Crippen LogP contribution in [0.2, 0.25) is 0 Å². The summed E-state index contributed by atoms with van der Waals surface area (Å²) < 4.78 is 54.4. The van der Waals surface area contributed by atoms with E-state index < -0.39 is 35.9 Å². The molecule has 2 rings (SSSR count). The van der Waals surface area contributed by atoms with Gasteiger partial charge in [0.15, 0.2) is 0 Å². The number of nitrogens with one attached hydrogen (secondary N) is 3. The number of aliphatic hydroxyl groups is 1. The molecule has 0 atom stereocenters. The van der Waals surface area contributed by atoms with Gasteiger partial charge in [-0.1, -0.05) is 12.1 Å². The van der Waals surface area contributed by atoms with Crippen molar-refractivity contribution in [1.29, 1.82) is 0 Å². The predicted molar refractivity (Wildman–Crippen MR) is 121 cm³/mol. The molecule has 1 amide bonds. The average Bonchev–Trinajstić information content (AvgIpc) is 2.73. The van der Waals surface area contributed by atoms with Crippen molar-refractivity contribution in [3.63, 3.8) is 0 Å². The second-order valence-electron chi connectivity index (χ2n) is 6.96. The van der Waals surface area contributed by atoms with Gasteiger partial charge in [0.25, 0.3) is 0 Å². The number of aryl methyl sites for hydroxylation is 1. The fourth-order valence-corrected chi connectivity index (χ4v) is 2.66. The van der Waals surface area contributed by atoms with Crippen LogP contribution in [0.15, 0.2) is 57.8 Å². The molecule has 0 saturated heterocycles. The Morgan fingerprint density at radius 3 is 2.18 bits per heavy atom. The van der Waals surface area contributed by atoms with Crippen molar-refractivity contribution in [2.45, 2.75) is 33.6 Å². The van der Waals surface area contributed by atoms with Gasteiger partial charge >= 0.3 is 6.18 Å². The number of amides is 1. The summed E-state index contributed by atoms with van der Waals surface area (Å²) in [7, 11) is 0. The first kappa shape index (κ1) is 25.5. The van der Waals surface area contributed by atoms with Gasteiger partial charge < -0.3 is 21.1 Å². The molecule has 7 nitrogen and oxygen atoms in total. The normalized spacial score (nSPS) is 12.7. The largest absolute Gasteiger partial charge is 0.415 e. The molecule has 11 heteroatoms. The number of alkyl halides is 3. The number of anilines is 3. The summed E-state index contributed by atoms with van der Waals surface area (Å²) in [4.78, 5) is 19.0. The van der Waals surface area contributed by atoms with Gasteiger partial charge in [0.2, 0.25) is 11.9 Å². The van der Waals surface area contributed by atoms with Crippen LogP contribution in [0.3, 0.4) is 0 Å². The van der Waals surface area contributed by atoms with E-state index in [0.29, 0.717) is 5.56 Å². The van der Waals surface area contributed by atoms with Gasteiger partial charge in [-0.25, -0.2) is 9.38 Å². The second kappa shape index (κ2) is 10.7. The maximum Gasteiger partial charge on any atom is 0.415 e. The highest BCUT2D eigenvalue weighted by atomic mass is 19.4. The highest BCUT2D eigenvalue weighted by molar-refractivity contribution is 5.98. The van der Waals surface area contributed by atoms with E-state index in [2.05, 4.69) is 32.7 Å². The van der Waals surface area contributed by atoms with Crippen molar-refractivity contribution >= 4 is 35.6 Å². The first-order valence-corrected chi connectivity index (χ1v) is 9.60. The van der Waals surface area contributed by atoms with Crippen LogP contribution >= 0.6 is 0 Å². The van der Waals surface area contributed by atoms with Crippen LogP contribution in [0.1, 0.15) is 25.0 Å². The van der Waals surface area contributed by atoms with E-state index in [0.717, 1.165) is 13.0 Å². The smallest absolute Gasteiger partial charge is 0.392 e. The molecule has 0 saturated carbocycles. The lowest BCUT2D eigenvalue weighted by molar-refractivity contribution is -0.114. The lowest BCUT2D eigenvalue weighted by atomic mass is 10.1. The third-order valence-electron chi connectivity index (χ3n) is 4.45.